The second-order valence-electron chi connectivity index (χ2n) is 7.24. The Bertz CT molecular complexity index is 876. The molecule has 0 unspecified atom stereocenters. The van der Waals surface area contributed by atoms with Gasteiger partial charge in [0.2, 0.25) is 5.91 Å². The SMILES string of the molecule is O=C(Cn1nnnc1CN1CCCCCC1)NCCc1cn2ccccc2n1. The highest BCUT2D eigenvalue weighted by molar-refractivity contribution is 5.75. The smallest absolute Gasteiger partial charge is 0.241 e. The van der Waals surface area contributed by atoms with E-state index in [1.807, 2.05) is 35.0 Å². The highest BCUT2D eigenvalue weighted by Gasteiger charge is 2.15. The number of pyridine rings is 1. The fourth-order valence-corrected chi connectivity index (χ4v) is 3.58. The maximum absolute atomic E-state index is 12.3. The van der Waals surface area contributed by atoms with E-state index in [1.54, 1.807) is 4.68 Å². The van der Waals surface area contributed by atoms with Gasteiger partial charge in [0.05, 0.1) is 12.2 Å². The van der Waals surface area contributed by atoms with Gasteiger partial charge in [-0.1, -0.05) is 18.9 Å². The van der Waals surface area contributed by atoms with Crippen molar-refractivity contribution >= 4 is 11.6 Å². The summed E-state index contributed by atoms with van der Waals surface area (Å²) in [7, 11) is 0. The second kappa shape index (κ2) is 8.92. The number of carbonyl (C=O) groups is 1. The first kappa shape index (κ1) is 18.5. The molecule has 0 atom stereocenters. The van der Waals surface area contributed by atoms with Gasteiger partial charge in [-0.05, 0) is 48.5 Å². The Morgan fingerprint density at radius 1 is 1.14 bits per heavy atom. The number of nitrogens with one attached hydrogen (secondary N) is 1. The first-order valence-electron chi connectivity index (χ1n) is 9.95. The summed E-state index contributed by atoms with van der Waals surface area (Å²) in [6, 6.07) is 5.89. The van der Waals surface area contributed by atoms with Crippen LogP contribution in [0.5, 0.6) is 0 Å². The Labute approximate surface area is 163 Å². The summed E-state index contributed by atoms with van der Waals surface area (Å²) in [6.07, 6.45) is 9.64. The molecule has 28 heavy (non-hydrogen) atoms. The highest BCUT2D eigenvalue weighted by atomic mass is 16.2. The van der Waals surface area contributed by atoms with Gasteiger partial charge in [-0.2, -0.15) is 0 Å². The van der Waals surface area contributed by atoms with Gasteiger partial charge in [-0.3, -0.25) is 9.69 Å². The van der Waals surface area contributed by atoms with Crippen LogP contribution in [-0.4, -0.2) is 60.0 Å². The zero-order valence-electron chi connectivity index (χ0n) is 16.0. The summed E-state index contributed by atoms with van der Waals surface area (Å²) >= 11 is 0. The lowest BCUT2D eigenvalue weighted by Crippen LogP contribution is -2.32. The molecule has 1 amide bonds. The molecule has 9 heteroatoms. The van der Waals surface area contributed by atoms with Crippen molar-refractivity contribution in [1.82, 2.24) is 39.8 Å². The molecular weight excluding hydrogens is 356 g/mol. The fraction of sp³-hybridized carbons (Fsp3) is 0.526. The number of hydrogen-bond donors (Lipinski definition) is 1. The topological polar surface area (TPSA) is 93.2 Å². The third kappa shape index (κ3) is 4.72. The number of imidazole rings is 1. The van der Waals surface area contributed by atoms with Crippen LogP contribution in [0.4, 0.5) is 0 Å². The summed E-state index contributed by atoms with van der Waals surface area (Å²) in [5.41, 5.74) is 1.87. The monoisotopic (exact) mass is 382 g/mol. The van der Waals surface area contributed by atoms with E-state index < -0.39 is 0 Å². The molecule has 0 saturated carbocycles. The zero-order valence-corrected chi connectivity index (χ0v) is 16.0. The van der Waals surface area contributed by atoms with Gasteiger partial charge in [0.1, 0.15) is 12.2 Å². The van der Waals surface area contributed by atoms with E-state index in [2.05, 4.69) is 30.7 Å². The number of carbonyl (C=O) groups excluding carboxylic acids is 1. The van der Waals surface area contributed by atoms with Crippen molar-refractivity contribution in [2.75, 3.05) is 19.6 Å². The standard InChI is InChI=1S/C19H26N8O/c28-19(20-9-8-16-13-26-12-6-3-7-17(26)21-16)15-27-18(22-23-24-27)14-25-10-4-1-2-5-11-25/h3,6-7,12-13H,1-2,4-5,8-11,14-15H2,(H,20,28). The Kier molecular flexibility index (Phi) is 5.91. The van der Waals surface area contributed by atoms with Crippen LogP contribution in [0.25, 0.3) is 5.65 Å². The van der Waals surface area contributed by atoms with Crippen LogP contribution in [0.1, 0.15) is 37.2 Å². The lowest BCUT2D eigenvalue weighted by molar-refractivity contribution is -0.121. The molecule has 3 aromatic rings. The van der Waals surface area contributed by atoms with Gasteiger partial charge in [-0.15, -0.1) is 5.10 Å². The predicted octanol–water partition coefficient (Wildman–Crippen LogP) is 1.06. The molecule has 0 aliphatic carbocycles. The molecular formula is C19H26N8O. The van der Waals surface area contributed by atoms with Crippen LogP contribution < -0.4 is 5.32 Å². The number of tetrazole rings is 1. The number of rotatable bonds is 7. The number of amides is 1. The molecule has 1 fully saturated rings. The molecule has 4 rings (SSSR count). The molecule has 0 aromatic carbocycles. The summed E-state index contributed by atoms with van der Waals surface area (Å²) in [4.78, 5) is 19.2. The number of nitrogens with zero attached hydrogens (tertiary/aromatic N) is 7. The Morgan fingerprint density at radius 3 is 2.82 bits per heavy atom. The average molecular weight is 382 g/mol. The summed E-state index contributed by atoms with van der Waals surface area (Å²) in [5, 5.41) is 14.8. The summed E-state index contributed by atoms with van der Waals surface area (Å²) < 4.78 is 3.58. The average Bonchev–Trinajstić information content (AvgIpc) is 3.21. The van der Waals surface area contributed by atoms with Gasteiger partial charge >= 0.3 is 0 Å². The van der Waals surface area contributed by atoms with E-state index in [0.29, 0.717) is 19.5 Å². The van der Waals surface area contributed by atoms with Crippen LogP contribution in [0.15, 0.2) is 30.6 Å². The lowest BCUT2D eigenvalue weighted by Gasteiger charge is -2.18. The van der Waals surface area contributed by atoms with E-state index in [0.717, 1.165) is 30.3 Å². The number of likely N-dealkylation sites (tertiary alicyclic amines) is 1. The summed E-state index contributed by atoms with van der Waals surface area (Å²) in [6.45, 7) is 3.51. The molecule has 0 bridgehead atoms. The minimum absolute atomic E-state index is 0.0896. The predicted molar refractivity (Wildman–Crippen MR) is 103 cm³/mol. The maximum atomic E-state index is 12.3. The van der Waals surface area contributed by atoms with Gasteiger partial charge in [0, 0.05) is 25.4 Å². The van der Waals surface area contributed by atoms with Crippen LogP contribution in [0, 0.1) is 0 Å². The molecule has 3 aromatic heterocycles. The van der Waals surface area contributed by atoms with Gasteiger partial charge in [0.15, 0.2) is 5.82 Å². The highest BCUT2D eigenvalue weighted by Crippen LogP contribution is 2.11. The zero-order chi connectivity index (χ0) is 19.2. The van der Waals surface area contributed by atoms with E-state index in [9.17, 15) is 4.79 Å². The third-order valence-corrected chi connectivity index (χ3v) is 5.08. The molecule has 9 nitrogen and oxygen atoms in total. The quantitative estimate of drug-likeness (QED) is 0.657. The van der Waals surface area contributed by atoms with Crippen molar-refractivity contribution in [3.8, 4) is 0 Å². The molecule has 1 N–H and O–H groups in total. The minimum atomic E-state index is -0.0896. The Balaban J connectivity index is 1.26. The molecule has 0 spiro atoms. The van der Waals surface area contributed by atoms with Crippen LogP contribution in [-0.2, 0) is 24.3 Å². The minimum Gasteiger partial charge on any atom is -0.354 e. The maximum Gasteiger partial charge on any atom is 0.241 e. The lowest BCUT2D eigenvalue weighted by atomic mass is 10.2. The van der Waals surface area contributed by atoms with E-state index in [1.165, 1.54) is 25.7 Å². The fourth-order valence-electron chi connectivity index (χ4n) is 3.58. The van der Waals surface area contributed by atoms with Crippen molar-refractivity contribution in [3.63, 3.8) is 0 Å². The van der Waals surface area contributed by atoms with Crippen molar-refractivity contribution in [2.45, 2.75) is 45.2 Å². The van der Waals surface area contributed by atoms with Crippen molar-refractivity contribution in [1.29, 1.82) is 0 Å². The summed E-state index contributed by atoms with van der Waals surface area (Å²) in [5.74, 6) is 0.658. The normalized spacial score (nSPS) is 15.6. The van der Waals surface area contributed by atoms with Crippen molar-refractivity contribution < 1.29 is 4.79 Å². The number of aromatic nitrogens is 6. The Hall–Kier alpha value is -2.81. The van der Waals surface area contributed by atoms with Crippen LogP contribution in [0.3, 0.4) is 0 Å². The first-order valence-corrected chi connectivity index (χ1v) is 9.95. The van der Waals surface area contributed by atoms with Gasteiger partial charge in [0.25, 0.3) is 0 Å². The van der Waals surface area contributed by atoms with Crippen molar-refractivity contribution in [3.05, 3.63) is 42.1 Å². The van der Waals surface area contributed by atoms with E-state index >= 15 is 0 Å². The van der Waals surface area contributed by atoms with E-state index in [4.69, 9.17) is 0 Å². The van der Waals surface area contributed by atoms with Crippen LogP contribution >= 0.6 is 0 Å². The number of fused-ring (bicyclic) bond motifs is 1. The van der Waals surface area contributed by atoms with Gasteiger partial charge < -0.3 is 9.72 Å². The molecule has 1 aliphatic heterocycles. The number of hydrogen-bond acceptors (Lipinski definition) is 6. The van der Waals surface area contributed by atoms with E-state index in [-0.39, 0.29) is 12.5 Å². The second-order valence-corrected chi connectivity index (χ2v) is 7.24. The molecule has 4 heterocycles. The Morgan fingerprint density at radius 2 is 2.00 bits per heavy atom. The first-order chi connectivity index (χ1) is 13.8. The molecule has 1 saturated heterocycles. The molecule has 0 radical (unpaired) electrons. The molecule has 148 valence electrons. The largest absolute Gasteiger partial charge is 0.354 e. The van der Waals surface area contributed by atoms with Crippen LogP contribution in [0.2, 0.25) is 0 Å². The third-order valence-electron chi connectivity index (χ3n) is 5.08. The molecule has 1 aliphatic rings. The van der Waals surface area contributed by atoms with Crippen molar-refractivity contribution in [2.24, 2.45) is 0 Å². The van der Waals surface area contributed by atoms with Gasteiger partial charge in [-0.25, -0.2) is 9.67 Å².